The number of aromatic nitrogens is 1. The lowest BCUT2D eigenvalue weighted by atomic mass is 9.96. The summed E-state index contributed by atoms with van der Waals surface area (Å²) in [5, 5.41) is 0. The molecule has 0 aliphatic carbocycles. The maximum atomic E-state index is 13.8. The van der Waals surface area contributed by atoms with Crippen LogP contribution in [0.5, 0.6) is 5.75 Å². The predicted octanol–water partition coefficient (Wildman–Crippen LogP) is 4.40. The summed E-state index contributed by atoms with van der Waals surface area (Å²) < 4.78 is 14.5. The molecule has 0 radical (unpaired) electrons. The van der Waals surface area contributed by atoms with E-state index in [-0.39, 0.29) is 12.2 Å². The van der Waals surface area contributed by atoms with Crippen LogP contribution in [0.4, 0.5) is 5.69 Å². The van der Waals surface area contributed by atoms with Gasteiger partial charge in [-0.15, -0.1) is 0 Å². The van der Waals surface area contributed by atoms with Crippen LogP contribution in [-0.4, -0.2) is 38.3 Å². The van der Waals surface area contributed by atoms with Gasteiger partial charge in [0.05, 0.1) is 45.7 Å². The van der Waals surface area contributed by atoms with Crippen molar-refractivity contribution in [1.29, 1.82) is 0 Å². The minimum absolute atomic E-state index is 0.219. The number of anilines is 1. The highest BCUT2D eigenvalue weighted by Gasteiger charge is 2.33. The van der Waals surface area contributed by atoms with Gasteiger partial charge in [-0.1, -0.05) is 23.5 Å². The van der Waals surface area contributed by atoms with Crippen molar-refractivity contribution in [1.82, 2.24) is 4.57 Å². The van der Waals surface area contributed by atoms with E-state index in [1.165, 1.54) is 11.3 Å². The van der Waals surface area contributed by atoms with Crippen molar-refractivity contribution >= 4 is 60.9 Å². The Kier molecular flexibility index (Phi) is 7.87. The molecule has 1 unspecified atom stereocenters. The van der Waals surface area contributed by atoms with Gasteiger partial charge in [0.15, 0.2) is 4.80 Å². The second-order valence-corrected chi connectivity index (χ2v) is 11.0. The molecule has 0 amide bonds. The number of methoxy groups -OCH3 is 1. The summed E-state index contributed by atoms with van der Waals surface area (Å²) in [7, 11) is 5.53. The van der Waals surface area contributed by atoms with Crippen molar-refractivity contribution in [2.75, 3.05) is 32.7 Å². The third kappa shape index (κ3) is 4.94. The van der Waals surface area contributed by atoms with Crippen LogP contribution in [0.1, 0.15) is 31.0 Å². The van der Waals surface area contributed by atoms with Gasteiger partial charge in [0.1, 0.15) is 5.75 Å². The van der Waals surface area contributed by atoms with Crippen LogP contribution in [0.3, 0.4) is 0 Å². The molecular weight excluding hydrogens is 610 g/mol. The molecule has 1 aromatic heterocycles. The number of carbonyl (C=O) groups excluding carboxylic acids is 1. The maximum Gasteiger partial charge on any atom is 0.338 e. The number of hydrogen-bond acceptors (Lipinski definition) is 7. The van der Waals surface area contributed by atoms with Crippen LogP contribution in [0, 0.1) is 0 Å². The van der Waals surface area contributed by atoms with Crippen LogP contribution in [0.2, 0.25) is 0 Å². The standard InChI is InChI=1S/C26H25Br2N3O4S/c1-6-35-25(33)22-14(2)29-26-31(23(22)16-8-10-20(34-5)18(28)13-16)24(32)21(36-26)12-15-7-9-19(30(3)4)17(27)11-15/h7-13,23H,6H2,1-5H3/b21-12-. The zero-order valence-electron chi connectivity index (χ0n) is 20.5. The quantitative estimate of drug-likeness (QED) is 0.376. The molecule has 7 nitrogen and oxygen atoms in total. The number of ether oxygens (including phenoxy) is 2. The largest absolute Gasteiger partial charge is 0.496 e. The van der Waals surface area contributed by atoms with E-state index in [2.05, 4.69) is 36.9 Å². The molecule has 1 aliphatic rings. The fraction of sp³-hybridized carbons (Fsp3) is 0.269. The van der Waals surface area contributed by atoms with Gasteiger partial charge in [0, 0.05) is 18.6 Å². The Labute approximate surface area is 229 Å². The Morgan fingerprint density at radius 2 is 1.94 bits per heavy atom. The van der Waals surface area contributed by atoms with E-state index in [4.69, 9.17) is 9.47 Å². The van der Waals surface area contributed by atoms with Crippen molar-refractivity contribution in [3.63, 3.8) is 0 Å². The minimum Gasteiger partial charge on any atom is -0.496 e. The molecular formula is C26H25Br2N3O4S. The van der Waals surface area contributed by atoms with E-state index >= 15 is 0 Å². The molecule has 4 rings (SSSR count). The number of halogens is 2. The number of esters is 1. The van der Waals surface area contributed by atoms with Gasteiger partial charge < -0.3 is 14.4 Å². The zero-order chi connectivity index (χ0) is 26.1. The minimum atomic E-state index is -0.687. The summed E-state index contributed by atoms with van der Waals surface area (Å²) in [5.41, 5.74) is 3.29. The second kappa shape index (κ2) is 10.7. The maximum absolute atomic E-state index is 13.8. The first kappa shape index (κ1) is 26.4. The van der Waals surface area contributed by atoms with Crippen LogP contribution >= 0.6 is 43.2 Å². The van der Waals surface area contributed by atoms with Crippen molar-refractivity contribution in [3.8, 4) is 5.75 Å². The summed E-state index contributed by atoms with van der Waals surface area (Å²) in [6.45, 7) is 3.74. The first-order chi connectivity index (χ1) is 17.2. The highest BCUT2D eigenvalue weighted by atomic mass is 79.9. The van der Waals surface area contributed by atoms with Crippen molar-refractivity contribution < 1.29 is 14.3 Å². The van der Waals surface area contributed by atoms with Gasteiger partial charge >= 0.3 is 5.97 Å². The van der Waals surface area contributed by atoms with Gasteiger partial charge in [-0.25, -0.2) is 9.79 Å². The van der Waals surface area contributed by atoms with E-state index in [1.54, 1.807) is 31.6 Å². The van der Waals surface area contributed by atoms with Crippen molar-refractivity contribution in [2.45, 2.75) is 19.9 Å². The third-order valence-corrected chi connectivity index (χ3v) is 8.00. The fourth-order valence-electron chi connectivity index (χ4n) is 4.09. The summed E-state index contributed by atoms with van der Waals surface area (Å²) in [4.78, 5) is 34.0. The molecule has 188 valence electrons. The van der Waals surface area contributed by atoms with Crippen molar-refractivity contribution in [2.24, 2.45) is 4.99 Å². The Morgan fingerprint density at radius 3 is 2.56 bits per heavy atom. The number of carbonyl (C=O) groups is 1. The molecule has 2 heterocycles. The van der Waals surface area contributed by atoms with Crippen LogP contribution in [0.25, 0.3) is 6.08 Å². The Morgan fingerprint density at radius 1 is 1.19 bits per heavy atom. The predicted molar refractivity (Wildman–Crippen MR) is 150 cm³/mol. The van der Waals surface area contributed by atoms with Gasteiger partial charge in [0.25, 0.3) is 5.56 Å². The van der Waals surface area contributed by atoms with E-state index in [0.29, 0.717) is 30.8 Å². The summed E-state index contributed by atoms with van der Waals surface area (Å²) >= 11 is 8.43. The van der Waals surface area contributed by atoms with Gasteiger partial charge in [-0.05, 0) is 87.2 Å². The van der Waals surface area contributed by atoms with E-state index in [9.17, 15) is 9.59 Å². The average Bonchev–Trinajstić information content (AvgIpc) is 3.12. The SMILES string of the molecule is CCOC(=O)C1=C(C)N=c2s/c(=C\c3ccc(N(C)C)c(Br)c3)c(=O)n2C1c1ccc(OC)c(Br)c1. The average molecular weight is 635 g/mol. The second-order valence-electron chi connectivity index (χ2n) is 8.30. The third-order valence-electron chi connectivity index (χ3n) is 5.76. The highest BCUT2D eigenvalue weighted by Crippen LogP contribution is 2.35. The lowest BCUT2D eigenvalue weighted by Crippen LogP contribution is -2.40. The normalized spacial score (nSPS) is 15.4. The molecule has 0 bridgehead atoms. The molecule has 1 aliphatic heterocycles. The first-order valence-corrected chi connectivity index (χ1v) is 13.6. The number of nitrogens with zero attached hydrogens (tertiary/aromatic N) is 3. The Bertz CT molecular complexity index is 1560. The number of allylic oxidation sites excluding steroid dienone is 1. The molecule has 0 N–H and O–H groups in total. The smallest absolute Gasteiger partial charge is 0.338 e. The van der Waals surface area contributed by atoms with Gasteiger partial charge in [-0.2, -0.15) is 0 Å². The van der Waals surface area contributed by atoms with Gasteiger partial charge in [-0.3, -0.25) is 9.36 Å². The number of fused-ring (bicyclic) bond motifs is 1. The lowest BCUT2D eigenvalue weighted by molar-refractivity contribution is -0.139. The fourth-order valence-corrected chi connectivity index (χ4v) is 6.44. The van der Waals surface area contributed by atoms with E-state index in [0.717, 1.165) is 21.3 Å². The molecule has 0 fully saturated rings. The zero-order valence-corrected chi connectivity index (χ0v) is 24.5. The molecule has 10 heteroatoms. The molecule has 1 atom stereocenters. The lowest BCUT2D eigenvalue weighted by Gasteiger charge is -2.25. The van der Waals surface area contributed by atoms with Crippen molar-refractivity contribution in [3.05, 3.63) is 87.4 Å². The number of rotatable bonds is 6. The van der Waals surface area contributed by atoms with Gasteiger partial charge in [0.2, 0.25) is 0 Å². The number of thiazole rings is 1. The topological polar surface area (TPSA) is 73.1 Å². The molecule has 0 spiro atoms. The Balaban J connectivity index is 1.93. The molecule has 36 heavy (non-hydrogen) atoms. The molecule has 2 aromatic carbocycles. The number of benzene rings is 2. The molecule has 0 saturated carbocycles. The highest BCUT2D eigenvalue weighted by molar-refractivity contribution is 9.11. The van der Waals surface area contributed by atoms with E-state index < -0.39 is 12.0 Å². The summed E-state index contributed by atoms with van der Waals surface area (Å²) in [5.74, 6) is 0.157. The summed E-state index contributed by atoms with van der Waals surface area (Å²) in [6, 6.07) is 10.8. The van der Waals surface area contributed by atoms with Crippen LogP contribution in [-0.2, 0) is 9.53 Å². The van der Waals surface area contributed by atoms with E-state index in [1.807, 2.05) is 55.4 Å². The Hall–Kier alpha value is -2.69. The molecule has 3 aromatic rings. The number of hydrogen-bond donors (Lipinski definition) is 0. The monoisotopic (exact) mass is 633 g/mol. The summed E-state index contributed by atoms with van der Waals surface area (Å²) in [6.07, 6.45) is 1.85. The van der Waals surface area contributed by atoms with Crippen LogP contribution < -0.4 is 24.5 Å². The first-order valence-electron chi connectivity index (χ1n) is 11.2. The van der Waals surface area contributed by atoms with Crippen LogP contribution in [0.15, 0.2) is 66.4 Å². The molecule has 0 saturated heterocycles.